The lowest BCUT2D eigenvalue weighted by atomic mass is 10.1. The normalized spacial score (nSPS) is 10.4. The Morgan fingerprint density at radius 2 is 1.85 bits per heavy atom. The standard InChI is InChI=1S/C24H23N9O/c1-33-22(34)15-20(19-8-3-2-4-9-19)29-24(33)31-21-11-13-27-23(30-21)26-12-10-17-6-5-7-18(14-17)16-28-32-25/h2-9,11,13-15H,10,12,16H2,1H3,(H2,26,27,29,30,31). The predicted molar refractivity (Wildman–Crippen MR) is 132 cm³/mol. The fourth-order valence-corrected chi connectivity index (χ4v) is 3.35. The lowest BCUT2D eigenvalue weighted by Gasteiger charge is -2.12. The Morgan fingerprint density at radius 1 is 1.03 bits per heavy atom. The SMILES string of the molecule is Cn1c(Nc2ccnc(NCCc3cccc(CN=[N+]=[N-])c3)n2)nc(-c2ccccc2)cc1=O. The van der Waals surface area contributed by atoms with Gasteiger partial charge in [-0.05, 0) is 29.1 Å². The van der Waals surface area contributed by atoms with Crippen LogP contribution in [-0.4, -0.2) is 26.1 Å². The van der Waals surface area contributed by atoms with Gasteiger partial charge in [-0.1, -0.05) is 59.7 Å². The minimum Gasteiger partial charge on any atom is -0.354 e. The van der Waals surface area contributed by atoms with E-state index in [9.17, 15) is 4.79 Å². The van der Waals surface area contributed by atoms with E-state index in [1.165, 1.54) is 10.6 Å². The number of azide groups is 1. The molecule has 0 amide bonds. The molecule has 0 fully saturated rings. The summed E-state index contributed by atoms with van der Waals surface area (Å²) in [4.78, 5) is 28.6. The molecule has 2 aromatic carbocycles. The molecule has 0 bridgehead atoms. The van der Waals surface area contributed by atoms with Gasteiger partial charge in [0.1, 0.15) is 5.82 Å². The predicted octanol–water partition coefficient (Wildman–Crippen LogP) is 4.45. The van der Waals surface area contributed by atoms with Gasteiger partial charge in [0.25, 0.3) is 5.56 Å². The molecule has 0 radical (unpaired) electrons. The minimum absolute atomic E-state index is 0.175. The van der Waals surface area contributed by atoms with Crippen LogP contribution < -0.4 is 16.2 Å². The third-order valence-corrected chi connectivity index (χ3v) is 5.10. The molecule has 10 nitrogen and oxygen atoms in total. The second kappa shape index (κ2) is 10.8. The third-order valence-electron chi connectivity index (χ3n) is 5.10. The third kappa shape index (κ3) is 5.76. The highest BCUT2D eigenvalue weighted by atomic mass is 16.1. The summed E-state index contributed by atoms with van der Waals surface area (Å²) in [5, 5.41) is 9.93. The highest BCUT2D eigenvalue weighted by molar-refractivity contribution is 5.61. The van der Waals surface area contributed by atoms with E-state index in [1.54, 1.807) is 19.3 Å². The van der Waals surface area contributed by atoms with Crippen molar-refractivity contribution in [1.82, 2.24) is 19.5 Å². The number of anilines is 3. The monoisotopic (exact) mass is 453 g/mol. The molecule has 0 aliphatic rings. The van der Waals surface area contributed by atoms with E-state index in [2.05, 4.69) is 35.6 Å². The van der Waals surface area contributed by atoms with Crippen molar-refractivity contribution in [2.45, 2.75) is 13.0 Å². The largest absolute Gasteiger partial charge is 0.354 e. The highest BCUT2D eigenvalue weighted by Crippen LogP contribution is 2.18. The number of aromatic nitrogens is 4. The van der Waals surface area contributed by atoms with Crippen LogP contribution in [0.1, 0.15) is 11.1 Å². The van der Waals surface area contributed by atoms with Crippen LogP contribution in [0.15, 0.2) is 82.8 Å². The summed E-state index contributed by atoms with van der Waals surface area (Å²) >= 11 is 0. The molecule has 2 heterocycles. The Bertz CT molecular complexity index is 1380. The fraction of sp³-hybridized carbons (Fsp3) is 0.167. The van der Waals surface area contributed by atoms with Gasteiger partial charge in [-0.25, -0.2) is 9.97 Å². The van der Waals surface area contributed by atoms with Gasteiger partial charge in [0.15, 0.2) is 0 Å². The number of hydrogen-bond donors (Lipinski definition) is 2. The van der Waals surface area contributed by atoms with Crippen LogP contribution in [0.2, 0.25) is 0 Å². The summed E-state index contributed by atoms with van der Waals surface area (Å²) in [5.74, 6) is 1.36. The minimum atomic E-state index is -0.175. The summed E-state index contributed by atoms with van der Waals surface area (Å²) in [6, 6.07) is 20.7. The Labute approximate surface area is 196 Å². The summed E-state index contributed by atoms with van der Waals surface area (Å²) in [7, 11) is 1.66. The number of rotatable bonds is 9. The second-order valence-corrected chi connectivity index (χ2v) is 7.50. The van der Waals surface area contributed by atoms with Crippen molar-refractivity contribution < 1.29 is 0 Å². The zero-order valence-electron chi connectivity index (χ0n) is 18.6. The molecule has 170 valence electrons. The van der Waals surface area contributed by atoms with Gasteiger partial charge >= 0.3 is 0 Å². The van der Waals surface area contributed by atoms with Gasteiger partial charge in [-0.3, -0.25) is 9.36 Å². The van der Waals surface area contributed by atoms with Crippen molar-refractivity contribution >= 4 is 17.7 Å². The molecule has 0 aliphatic carbocycles. The number of hydrogen-bond acceptors (Lipinski definition) is 7. The van der Waals surface area contributed by atoms with Crippen molar-refractivity contribution in [3.63, 3.8) is 0 Å². The lowest BCUT2D eigenvalue weighted by molar-refractivity contribution is 0.838. The summed E-state index contributed by atoms with van der Waals surface area (Å²) in [5.41, 5.74) is 11.8. The maximum atomic E-state index is 12.5. The van der Waals surface area contributed by atoms with Gasteiger partial charge < -0.3 is 10.6 Å². The Morgan fingerprint density at radius 3 is 2.68 bits per heavy atom. The van der Waals surface area contributed by atoms with Crippen molar-refractivity contribution in [2.24, 2.45) is 12.2 Å². The molecule has 4 rings (SSSR count). The van der Waals surface area contributed by atoms with Crippen molar-refractivity contribution in [2.75, 3.05) is 17.2 Å². The molecule has 0 unspecified atom stereocenters. The highest BCUT2D eigenvalue weighted by Gasteiger charge is 2.09. The topological polar surface area (TPSA) is 133 Å². The van der Waals surface area contributed by atoms with E-state index in [1.807, 2.05) is 54.6 Å². The second-order valence-electron chi connectivity index (χ2n) is 7.50. The molecule has 0 saturated carbocycles. The van der Waals surface area contributed by atoms with Crippen LogP contribution >= 0.6 is 0 Å². The average Bonchev–Trinajstić information content (AvgIpc) is 2.86. The first-order chi connectivity index (χ1) is 16.6. The Hall–Kier alpha value is -4.69. The molecular formula is C24H23N9O. The van der Waals surface area contributed by atoms with Gasteiger partial charge in [-0.15, -0.1) is 0 Å². The zero-order chi connectivity index (χ0) is 23.8. The van der Waals surface area contributed by atoms with Crippen LogP contribution in [0.3, 0.4) is 0 Å². The van der Waals surface area contributed by atoms with Crippen LogP contribution in [0.5, 0.6) is 0 Å². The van der Waals surface area contributed by atoms with E-state index in [0.29, 0.717) is 36.5 Å². The van der Waals surface area contributed by atoms with E-state index < -0.39 is 0 Å². The maximum absolute atomic E-state index is 12.5. The van der Waals surface area contributed by atoms with Crippen LogP contribution in [0.25, 0.3) is 21.7 Å². The number of nitrogens with zero attached hydrogens (tertiary/aromatic N) is 7. The smallest absolute Gasteiger partial charge is 0.255 e. The molecule has 0 spiro atoms. The van der Waals surface area contributed by atoms with E-state index in [4.69, 9.17) is 5.53 Å². The summed E-state index contributed by atoms with van der Waals surface area (Å²) in [6.07, 6.45) is 2.39. The Balaban J connectivity index is 1.44. The zero-order valence-corrected chi connectivity index (χ0v) is 18.6. The van der Waals surface area contributed by atoms with Gasteiger partial charge in [0, 0.05) is 36.3 Å². The van der Waals surface area contributed by atoms with Gasteiger partial charge in [0.2, 0.25) is 11.9 Å². The molecular weight excluding hydrogens is 430 g/mol. The van der Waals surface area contributed by atoms with Crippen molar-refractivity contribution in [3.8, 4) is 11.3 Å². The van der Waals surface area contributed by atoms with E-state index in [0.717, 1.165) is 23.1 Å². The van der Waals surface area contributed by atoms with Crippen molar-refractivity contribution in [1.29, 1.82) is 0 Å². The summed E-state index contributed by atoms with van der Waals surface area (Å²) in [6.45, 7) is 0.950. The van der Waals surface area contributed by atoms with Crippen LogP contribution in [0.4, 0.5) is 17.7 Å². The van der Waals surface area contributed by atoms with Gasteiger partial charge in [-0.2, -0.15) is 4.98 Å². The number of nitrogens with one attached hydrogen (secondary N) is 2. The molecule has 0 atom stereocenters. The molecule has 0 aliphatic heterocycles. The average molecular weight is 454 g/mol. The lowest BCUT2D eigenvalue weighted by Crippen LogP contribution is -2.21. The van der Waals surface area contributed by atoms with E-state index in [-0.39, 0.29) is 5.56 Å². The van der Waals surface area contributed by atoms with Crippen LogP contribution in [-0.2, 0) is 20.0 Å². The molecule has 2 N–H and O–H groups in total. The maximum Gasteiger partial charge on any atom is 0.255 e. The first kappa shape index (κ1) is 22.5. The molecule has 4 aromatic rings. The first-order valence-electron chi connectivity index (χ1n) is 10.7. The Kier molecular flexibility index (Phi) is 7.12. The first-order valence-corrected chi connectivity index (χ1v) is 10.7. The molecule has 10 heteroatoms. The van der Waals surface area contributed by atoms with E-state index >= 15 is 0 Å². The number of benzene rings is 2. The molecule has 0 saturated heterocycles. The molecule has 2 aromatic heterocycles. The quantitative estimate of drug-likeness (QED) is 0.218. The summed E-state index contributed by atoms with van der Waals surface area (Å²) < 4.78 is 1.44. The van der Waals surface area contributed by atoms with Gasteiger partial charge in [0.05, 0.1) is 12.2 Å². The van der Waals surface area contributed by atoms with Crippen LogP contribution in [0, 0.1) is 0 Å². The fourth-order valence-electron chi connectivity index (χ4n) is 3.35. The molecule has 34 heavy (non-hydrogen) atoms. The van der Waals surface area contributed by atoms with Crippen molar-refractivity contribution in [3.05, 3.63) is 105 Å².